The largest absolute Gasteiger partial charge is 0.399 e. The highest BCUT2D eigenvalue weighted by atomic mass is 19.3. The Labute approximate surface area is 84.4 Å². The summed E-state index contributed by atoms with van der Waals surface area (Å²) in [5.41, 5.74) is 5.89. The molecule has 0 aromatic rings. The van der Waals surface area contributed by atoms with E-state index >= 15 is 0 Å². The number of rotatable bonds is 4. The average molecular weight is 225 g/mol. The molecular formula is C9H11F4NO. The topological polar surface area (TPSA) is 35.2 Å². The molecule has 0 aromatic heterocycles. The van der Waals surface area contributed by atoms with Crippen LogP contribution in [-0.4, -0.2) is 25.1 Å². The molecule has 0 radical (unpaired) electrons. The minimum Gasteiger partial charge on any atom is -0.399 e. The highest BCUT2D eigenvalue weighted by Gasteiger charge is 2.41. The summed E-state index contributed by atoms with van der Waals surface area (Å²) in [5, 5.41) is 0. The van der Waals surface area contributed by atoms with Gasteiger partial charge in [-0.2, -0.15) is 8.78 Å². The summed E-state index contributed by atoms with van der Waals surface area (Å²) in [4.78, 5) is 0. The van der Waals surface area contributed by atoms with Gasteiger partial charge in [-0.05, 0) is 12.5 Å². The van der Waals surface area contributed by atoms with Crippen molar-refractivity contribution < 1.29 is 22.3 Å². The molecule has 1 unspecified atom stereocenters. The van der Waals surface area contributed by atoms with Gasteiger partial charge in [0.15, 0.2) is 0 Å². The van der Waals surface area contributed by atoms with Gasteiger partial charge < -0.3 is 10.5 Å². The Balaban J connectivity index is 2.36. The van der Waals surface area contributed by atoms with Crippen molar-refractivity contribution in [3.05, 3.63) is 23.9 Å². The van der Waals surface area contributed by atoms with Gasteiger partial charge in [-0.15, -0.1) is 0 Å². The normalized spacial score (nSPS) is 21.9. The van der Waals surface area contributed by atoms with Crippen molar-refractivity contribution in [1.29, 1.82) is 0 Å². The second kappa shape index (κ2) is 4.65. The van der Waals surface area contributed by atoms with Crippen LogP contribution in [0.1, 0.15) is 6.42 Å². The molecule has 2 N–H and O–H groups in total. The van der Waals surface area contributed by atoms with Crippen molar-refractivity contribution in [3.63, 3.8) is 0 Å². The molecule has 0 bridgehead atoms. The lowest BCUT2D eigenvalue weighted by Gasteiger charge is -2.20. The zero-order valence-corrected chi connectivity index (χ0v) is 7.80. The Morgan fingerprint density at radius 1 is 1.53 bits per heavy atom. The second-order valence-electron chi connectivity index (χ2n) is 3.21. The molecule has 86 valence electrons. The molecule has 1 rings (SSSR count). The lowest BCUT2D eigenvalue weighted by atomic mass is 10.1. The van der Waals surface area contributed by atoms with Crippen LogP contribution in [0.3, 0.4) is 0 Å². The molecule has 2 nitrogen and oxygen atoms in total. The van der Waals surface area contributed by atoms with E-state index in [9.17, 15) is 17.6 Å². The zero-order chi connectivity index (χ0) is 11.5. The molecule has 0 saturated carbocycles. The van der Waals surface area contributed by atoms with E-state index in [1.165, 1.54) is 12.2 Å². The van der Waals surface area contributed by atoms with Gasteiger partial charge in [-0.3, -0.25) is 0 Å². The first kappa shape index (κ1) is 12.0. The minimum absolute atomic E-state index is 0.321. The van der Waals surface area contributed by atoms with Crippen LogP contribution >= 0.6 is 0 Å². The van der Waals surface area contributed by atoms with Crippen LogP contribution in [-0.2, 0) is 4.74 Å². The fraction of sp³-hybridized carbons (Fsp3) is 0.556. The number of hydrogen-bond donors (Lipinski definition) is 1. The number of nitrogens with two attached hydrogens (primary N) is 1. The summed E-state index contributed by atoms with van der Waals surface area (Å²) in [6.07, 6.45) is 0.561. The van der Waals surface area contributed by atoms with Crippen LogP contribution in [0.15, 0.2) is 23.9 Å². The molecule has 15 heavy (non-hydrogen) atoms. The first-order valence-corrected chi connectivity index (χ1v) is 4.33. The van der Waals surface area contributed by atoms with Crippen LogP contribution in [0.5, 0.6) is 0 Å². The van der Waals surface area contributed by atoms with Crippen LogP contribution in [0.25, 0.3) is 0 Å². The van der Waals surface area contributed by atoms with Gasteiger partial charge in [0, 0.05) is 5.70 Å². The highest BCUT2D eigenvalue weighted by molar-refractivity contribution is 5.21. The third-order valence-electron chi connectivity index (χ3n) is 1.90. The first-order valence-electron chi connectivity index (χ1n) is 4.33. The summed E-state index contributed by atoms with van der Waals surface area (Å²) < 4.78 is 53.0. The number of allylic oxidation sites excluding steroid dienone is 1. The summed E-state index contributed by atoms with van der Waals surface area (Å²) in [5.74, 6) is -4.10. The van der Waals surface area contributed by atoms with Crippen LogP contribution in [0, 0.1) is 0 Å². The Kier molecular flexibility index (Phi) is 3.73. The molecule has 1 atom stereocenters. The maximum absolute atomic E-state index is 12.4. The van der Waals surface area contributed by atoms with Gasteiger partial charge in [0.05, 0.1) is 6.10 Å². The van der Waals surface area contributed by atoms with E-state index in [4.69, 9.17) is 5.73 Å². The van der Waals surface area contributed by atoms with Crippen molar-refractivity contribution in [1.82, 2.24) is 0 Å². The first-order chi connectivity index (χ1) is 6.92. The molecule has 0 heterocycles. The summed E-state index contributed by atoms with van der Waals surface area (Å²) in [6.45, 7) is -1.28. The maximum Gasteiger partial charge on any atom is 0.330 e. The van der Waals surface area contributed by atoms with Crippen LogP contribution in [0.4, 0.5) is 17.6 Å². The van der Waals surface area contributed by atoms with Gasteiger partial charge in [0.1, 0.15) is 6.61 Å². The third kappa shape index (κ3) is 3.54. The molecule has 0 aromatic carbocycles. The van der Waals surface area contributed by atoms with E-state index in [1.54, 1.807) is 6.08 Å². The molecular weight excluding hydrogens is 214 g/mol. The molecule has 1 aliphatic carbocycles. The SMILES string of the molecule is NC1=CCC(OCC(F)(F)C(F)F)C=C1. The van der Waals surface area contributed by atoms with Gasteiger partial charge in [0.2, 0.25) is 0 Å². The molecule has 0 aliphatic heterocycles. The minimum atomic E-state index is -4.10. The van der Waals surface area contributed by atoms with Gasteiger partial charge in [-0.25, -0.2) is 8.78 Å². The fourth-order valence-electron chi connectivity index (χ4n) is 1.02. The zero-order valence-electron chi connectivity index (χ0n) is 7.80. The van der Waals surface area contributed by atoms with Gasteiger partial charge in [-0.1, -0.05) is 12.2 Å². The van der Waals surface area contributed by atoms with E-state index in [1.807, 2.05) is 0 Å². The summed E-state index contributed by atoms with van der Waals surface area (Å²) in [7, 11) is 0. The van der Waals surface area contributed by atoms with E-state index in [0.717, 1.165) is 0 Å². The number of hydrogen-bond acceptors (Lipinski definition) is 2. The molecule has 0 saturated heterocycles. The second-order valence-corrected chi connectivity index (χ2v) is 3.21. The maximum atomic E-state index is 12.4. The van der Waals surface area contributed by atoms with Gasteiger partial charge in [0.25, 0.3) is 0 Å². The van der Waals surface area contributed by atoms with E-state index in [-0.39, 0.29) is 0 Å². The molecule has 0 spiro atoms. The van der Waals surface area contributed by atoms with E-state index < -0.39 is 25.1 Å². The van der Waals surface area contributed by atoms with Crippen molar-refractivity contribution in [3.8, 4) is 0 Å². The smallest absolute Gasteiger partial charge is 0.330 e. The Morgan fingerprint density at radius 3 is 2.67 bits per heavy atom. The highest BCUT2D eigenvalue weighted by Crippen LogP contribution is 2.24. The molecule has 6 heteroatoms. The van der Waals surface area contributed by atoms with E-state index in [2.05, 4.69) is 4.74 Å². The van der Waals surface area contributed by atoms with Crippen LogP contribution in [0.2, 0.25) is 0 Å². The molecule has 0 amide bonds. The van der Waals surface area contributed by atoms with Gasteiger partial charge >= 0.3 is 12.3 Å². The van der Waals surface area contributed by atoms with Crippen molar-refractivity contribution in [2.75, 3.05) is 6.61 Å². The van der Waals surface area contributed by atoms with E-state index in [0.29, 0.717) is 12.1 Å². The standard InChI is InChI=1S/C9H11F4NO/c10-8(11)9(12,13)5-15-7-3-1-6(14)2-4-7/h1-3,7-8H,4-5,14H2. The Morgan fingerprint density at radius 2 is 2.20 bits per heavy atom. The quantitative estimate of drug-likeness (QED) is 0.743. The Hall–Kier alpha value is -1.04. The monoisotopic (exact) mass is 225 g/mol. The number of alkyl halides is 4. The van der Waals surface area contributed by atoms with Crippen molar-refractivity contribution >= 4 is 0 Å². The summed E-state index contributed by atoms with van der Waals surface area (Å²) in [6, 6.07) is 0. The molecule has 0 fully saturated rings. The number of ether oxygens (including phenoxy) is 1. The van der Waals surface area contributed by atoms with Crippen molar-refractivity contribution in [2.24, 2.45) is 5.73 Å². The fourth-order valence-corrected chi connectivity index (χ4v) is 1.02. The predicted molar refractivity (Wildman–Crippen MR) is 46.7 cm³/mol. The lowest BCUT2D eigenvalue weighted by molar-refractivity contribution is -0.171. The Bertz CT molecular complexity index is 275. The molecule has 1 aliphatic rings. The average Bonchev–Trinajstić information content (AvgIpc) is 2.17. The van der Waals surface area contributed by atoms with Crippen LogP contribution < -0.4 is 5.73 Å². The predicted octanol–water partition coefficient (Wildman–Crippen LogP) is 2.07. The number of halogens is 4. The lowest BCUT2D eigenvalue weighted by Crippen LogP contribution is -2.34. The summed E-state index contributed by atoms with van der Waals surface area (Å²) >= 11 is 0. The third-order valence-corrected chi connectivity index (χ3v) is 1.90. The van der Waals surface area contributed by atoms with Crippen molar-refractivity contribution in [2.45, 2.75) is 24.9 Å².